The number of H-pyrrole nitrogens is 1. The minimum absolute atomic E-state index is 0.165. The van der Waals surface area contributed by atoms with Gasteiger partial charge < -0.3 is 16.0 Å². The Kier molecular flexibility index (Phi) is 4.91. The Morgan fingerprint density at radius 2 is 2.11 bits per heavy atom. The lowest BCUT2D eigenvalue weighted by Gasteiger charge is -2.08. The molecule has 0 spiro atoms. The first kappa shape index (κ1) is 17.3. The van der Waals surface area contributed by atoms with E-state index in [0.717, 1.165) is 22.0 Å². The van der Waals surface area contributed by atoms with E-state index in [9.17, 15) is 4.79 Å². The molecule has 0 atom stereocenters. The molecule has 4 heterocycles. The largest absolute Gasteiger partial charge is 0.352 e. The molecular formula is C19H18N6OS. The number of rotatable bonds is 6. The maximum absolute atomic E-state index is 12.7. The highest BCUT2D eigenvalue weighted by Crippen LogP contribution is 2.25. The number of imidazole rings is 1. The first-order chi connectivity index (χ1) is 13.3. The molecule has 4 aromatic rings. The number of hydrogen-bond acceptors (Lipinski definition) is 6. The predicted molar refractivity (Wildman–Crippen MR) is 105 cm³/mol. The van der Waals surface area contributed by atoms with Crippen molar-refractivity contribution in [2.45, 2.75) is 13.0 Å². The monoisotopic (exact) mass is 378 g/mol. The fraction of sp³-hybridized carbons (Fsp3) is 0.158. The first-order valence-corrected chi connectivity index (χ1v) is 9.44. The van der Waals surface area contributed by atoms with Crippen molar-refractivity contribution in [1.82, 2.24) is 25.3 Å². The summed E-state index contributed by atoms with van der Waals surface area (Å²) in [6, 6.07) is 9.49. The van der Waals surface area contributed by atoms with Crippen molar-refractivity contribution in [1.29, 1.82) is 0 Å². The van der Waals surface area contributed by atoms with Gasteiger partial charge in [0, 0.05) is 25.5 Å². The number of aromatic amines is 1. The smallest absolute Gasteiger partial charge is 0.253 e. The number of nitrogens with zero attached hydrogens (tertiary/aromatic N) is 3. The molecular weight excluding hydrogens is 360 g/mol. The molecule has 1 amide bonds. The van der Waals surface area contributed by atoms with Crippen molar-refractivity contribution in [2.24, 2.45) is 5.73 Å². The molecule has 0 bridgehead atoms. The van der Waals surface area contributed by atoms with Gasteiger partial charge in [-0.1, -0.05) is 12.1 Å². The van der Waals surface area contributed by atoms with Crippen molar-refractivity contribution in [3.05, 3.63) is 64.9 Å². The molecule has 0 saturated carbocycles. The summed E-state index contributed by atoms with van der Waals surface area (Å²) < 4.78 is 0. The number of nitrogens with one attached hydrogen (secondary N) is 2. The topological polar surface area (TPSA) is 110 Å². The van der Waals surface area contributed by atoms with Gasteiger partial charge >= 0.3 is 0 Å². The van der Waals surface area contributed by atoms with Crippen LogP contribution in [0.1, 0.15) is 21.6 Å². The number of carbonyl (C=O) groups excluding carboxylic acids is 1. The Bertz CT molecular complexity index is 1070. The van der Waals surface area contributed by atoms with Crippen LogP contribution in [0, 0.1) is 0 Å². The van der Waals surface area contributed by atoms with E-state index in [1.54, 1.807) is 29.8 Å². The van der Waals surface area contributed by atoms with E-state index in [2.05, 4.69) is 25.3 Å². The van der Waals surface area contributed by atoms with Gasteiger partial charge in [-0.25, -0.2) is 9.97 Å². The van der Waals surface area contributed by atoms with Gasteiger partial charge in [0.2, 0.25) is 0 Å². The van der Waals surface area contributed by atoms with Gasteiger partial charge in [-0.05, 0) is 35.6 Å². The van der Waals surface area contributed by atoms with Crippen molar-refractivity contribution < 1.29 is 4.79 Å². The van der Waals surface area contributed by atoms with Gasteiger partial charge in [0.05, 0.1) is 21.7 Å². The second kappa shape index (κ2) is 7.65. The SMILES string of the molecule is NCc1ncccc1CCNC(=O)c1ccnc2nc(-c3cccs3)[nH]c12. The Labute approximate surface area is 159 Å². The van der Waals surface area contributed by atoms with E-state index in [0.29, 0.717) is 36.2 Å². The summed E-state index contributed by atoms with van der Waals surface area (Å²) in [6.45, 7) is 0.877. The lowest BCUT2D eigenvalue weighted by atomic mass is 10.1. The number of carbonyl (C=O) groups is 1. The number of nitrogens with two attached hydrogens (primary N) is 1. The van der Waals surface area contributed by atoms with E-state index in [-0.39, 0.29) is 5.91 Å². The molecule has 27 heavy (non-hydrogen) atoms. The average Bonchev–Trinajstić information content (AvgIpc) is 3.37. The van der Waals surface area contributed by atoms with Crippen LogP contribution < -0.4 is 11.1 Å². The van der Waals surface area contributed by atoms with E-state index in [1.807, 2.05) is 29.6 Å². The van der Waals surface area contributed by atoms with Gasteiger partial charge in [-0.15, -0.1) is 11.3 Å². The van der Waals surface area contributed by atoms with Crippen LogP contribution in [-0.2, 0) is 13.0 Å². The lowest BCUT2D eigenvalue weighted by Crippen LogP contribution is -2.26. The van der Waals surface area contributed by atoms with Crippen LogP contribution in [0.2, 0.25) is 0 Å². The molecule has 0 aliphatic carbocycles. The third kappa shape index (κ3) is 3.57. The number of pyridine rings is 2. The molecule has 7 nitrogen and oxygen atoms in total. The molecule has 4 aromatic heterocycles. The van der Waals surface area contributed by atoms with E-state index in [1.165, 1.54) is 0 Å². The molecule has 0 fully saturated rings. The van der Waals surface area contributed by atoms with Crippen LogP contribution in [0.5, 0.6) is 0 Å². The normalized spacial score (nSPS) is 11.0. The molecule has 136 valence electrons. The fourth-order valence-electron chi connectivity index (χ4n) is 2.92. The molecule has 0 aliphatic rings. The number of fused-ring (bicyclic) bond motifs is 1. The summed E-state index contributed by atoms with van der Waals surface area (Å²) in [5.74, 6) is 0.553. The maximum Gasteiger partial charge on any atom is 0.253 e. The van der Waals surface area contributed by atoms with Crippen molar-refractivity contribution in [3.8, 4) is 10.7 Å². The highest BCUT2D eigenvalue weighted by atomic mass is 32.1. The Balaban J connectivity index is 1.51. The van der Waals surface area contributed by atoms with Crippen LogP contribution in [0.15, 0.2) is 48.1 Å². The number of hydrogen-bond donors (Lipinski definition) is 3. The predicted octanol–water partition coefficient (Wildman–Crippen LogP) is 2.51. The van der Waals surface area contributed by atoms with Gasteiger partial charge in [-0.2, -0.15) is 0 Å². The zero-order chi connectivity index (χ0) is 18.6. The van der Waals surface area contributed by atoms with Crippen LogP contribution in [-0.4, -0.2) is 32.4 Å². The van der Waals surface area contributed by atoms with Crippen molar-refractivity contribution in [3.63, 3.8) is 0 Å². The Hall–Kier alpha value is -3.10. The van der Waals surface area contributed by atoms with Crippen LogP contribution in [0.3, 0.4) is 0 Å². The van der Waals surface area contributed by atoms with Gasteiger partial charge in [0.25, 0.3) is 5.91 Å². The summed E-state index contributed by atoms with van der Waals surface area (Å²) in [5.41, 5.74) is 9.31. The molecule has 0 radical (unpaired) electrons. The number of thiophene rings is 1. The summed E-state index contributed by atoms with van der Waals surface area (Å²) in [5, 5.41) is 4.94. The second-order valence-corrected chi connectivity index (χ2v) is 6.89. The summed E-state index contributed by atoms with van der Waals surface area (Å²) in [7, 11) is 0. The molecule has 0 aliphatic heterocycles. The fourth-order valence-corrected chi connectivity index (χ4v) is 3.59. The molecule has 0 aromatic carbocycles. The van der Waals surface area contributed by atoms with E-state index >= 15 is 0 Å². The van der Waals surface area contributed by atoms with Crippen molar-refractivity contribution >= 4 is 28.4 Å². The highest BCUT2D eigenvalue weighted by Gasteiger charge is 2.15. The minimum atomic E-state index is -0.165. The molecule has 4 rings (SSSR count). The summed E-state index contributed by atoms with van der Waals surface area (Å²) >= 11 is 1.58. The molecule has 0 saturated heterocycles. The number of amides is 1. The van der Waals surface area contributed by atoms with E-state index in [4.69, 9.17) is 5.73 Å². The summed E-state index contributed by atoms with van der Waals surface area (Å²) in [4.78, 5) is 29.9. The van der Waals surface area contributed by atoms with Crippen LogP contribution >= 0.6 is 11.3 Å². The standard InChI is InChI=1S/C19H18N6OS/c20-11-14-12(3-1-7-21-14)5-8-23-19(26)13-6-9-22-18-16(13)24-17(25-18)15-4-2-10-27-15/h1-4,6-7,9-10H,5,8,11,20H2,(H,23,26)(H,22,24,25). The average molecular weight is 378 g/mol. The minimum Gasteiger partial charge on any atom is -0.352 e. The third-order valence-electron chi connectivity index (χ3n) is 4.25. The highest BCUT2D eigenvalue weighted by molar-refractivity contribution is 7.13. The first-order valence-electron chi connectivity index (χ1n) is 8.56. The van der Waals surface area contributed by atoms with Gasteiger partial charge in [-0.3, -0.25) is 9.78 Å². The number of aromatic nitrogens is 4. The second-order valence-electron chi connectivity index (χ2n) is 5.94. The zero-order valence-corrected chi connectivity index (χ0v) is 15.3. The molecule has 4 N–H and O–H groups in total. The Morgan fingerprint density at radius 3 is 2.93 bits per heavy atom. The van der Waals surface area contributed by atoms with Crippen LogP contribution in [0.25, 0.3) is 21.9 Å². The zero-order valence-electron chi connectivity index (χ0n) is 14.5. The van der Waals surface area contributed by atoms with Crippen LogP contribution in [0.4, 0.5) is 0 Å². The third-order valence-corrected chi connectivity index (χ3v) is 5.13. The molecule has 8 heteroatoms. The molecule has 0 unspecified atom stereocenters. The van der Waals surface area contributed by atoms with Gasteiger partial charge in [0.1, 0.15) is 0 Å². The summed E-state index contributed by atoms with van der Waals surface area (Å²) in [6.07, 6.45) is 4.00. The maximum atomic E-state index is 12.7. The van der Waals surface area contributed by atoms with E-state index < -0.39 is 0 Å². The van der Waals surface area contributed by atoms with Gasteiger partial charge in [0.15, 0.2) is 11.5 Å². The van der Waals surface area contributed by atoms with Crippen molar-refractivity contribution in [2.75, 3.05) is 6.54 Å². The quantitative estimate of drug-likeness (QED) is 0.478. The Morgan fingerprint density at radius 1 is 1.19 bits per heavy atom. The lowest BCUT2D eigenvalue weighted by molar-refractivity contribution is 0.0955.